The molecule has 0 aromatic carbocycles. The number of halogens is 1. The van der Waals surface area contributed by atoms with E-state index in [2.05, 4.69) is 39.0 Å². The van der Waals surface area contributed by atoms with Crippen molar-refractivity contribution in [1.82, 2.24) is 15.0 Å². The molecule has 108 valence electrons. The molecule has 6 nitrogen and oxygen atoms in total. The summed E-state index contributed by atoms with van der Waals surface area (Å²) in [6.45, 7) is 8.30. The molecule has 0 fully saturated rings. The van der Waals surface area contributed by atoms with Crippen LogP contribution in [0.4, 0.5) is 11.9 Å². The highest BCUT2D eigenvalue weighted by atomic mass is 35.5. The Morgan fingerprint density at radius 1 is 1.32 bits per heavy atom. The van der Waals surface area contributed by atoms with Crippen molar-refractivity contribution >= 4 is 23.5 Å². The van der Waals surface area contributed by atoms with Crippen LogP contribution in [0.5, 0.6) is 0 Å². The number of methoxy groups -OCH3 is 1. The van der Waals surface area contributed by atoms with Crippen molar-refractivity contribution in [1.29, 1.82) is 0 Å². The minimum atomic E-state index is 0.201. The summed E-state index contributed by atoms with van der Waals surface area (Å²) >= 11 is 5.95. The van der Waals surface area contributed by atoms with E-state index in [1.807, 2.05) is 6.92 Å². The summed E-state index contributed by atoms with van der Waals surface area (Å²) in [4.78, 5) is 14.7. The molecule has 19 heavy (non-hydrogen) atoms. The van der Waals surface area contributed by atoms with Crippen LogP contribution in [0.25, 0.3) is 0 Å². The number of rotatable bonds is 8. The van der Waals surface area contributed by atoms with Crippen molar-refractivity contribution in [2.45, 2.75) is 33.2 Å². The van der Waals surface area contributed by atoms with Gasteiger partial charge in [-0.25, -0.2) is 0 Å². The fourth-order valence-corrected chi connectivity index (χ4v) is 1.79. The lowest BCUT2D eigenvalue weighted by Gasteiger charge is -2.28. The molecule has 1 rings (SSSR count). The number of ether oxygens (including phenoxy) is 1. The molecule has 1 N–H and O–H groups in total. The molecule has 0 aliphatic heterocycles. The van der Waals surface area contributed by atoms with Gasteiger partial charge in [-0.2, -0.15) is 15.0 Å². The lowest BCUT2D eigenvalue weighted by atomic mass is 10.2. The Hall–Kier alpha value is -1.14. The van der Waals surface area contributed by atoms with Gasteiger partial charge in [0.05, 0.1) is 6.61 Å². The van der Waals surface area contributed by atoms with Crippen LogP contribution in [-0.2, 0) is 4.74 Å². The molecule has 0 spiro atoms. The molecule has 1 unspecified atom stereocenters. The van der Waals surface area contributed by atoms with Gasteiger partial charge >= 0.3 is 0 Å². The van der Waals surface area contributed by atoms with Gasteiger partial charge in [-0.05, 0) is 31.9 Å². The fourth-order valence-electron chi connectivity index (χ4n) is 1.63. The van der Waals surface area contributed by atoms with Crippen molar-refractivity contribution < 1.29 is 4.74 Å². The Labute approximate surface area is 119 Å². The third kappa shape index (κ3) is 4.80. The molecular weight excluding hydrogens is 266 g/mol. The van der Waals surface area contributed by atoms with Crippen molar-refractivity contribution in [2.75, 3.05) is 37.0 Å². The van der Waals surface area contributed by atoms with Crippen molar-refractivity contribution in [3.05, 3.63) is 5.28 Å². The van der Waals surface area contributed by atoms with E-state index in [0.29, 0.717) is 24.5 Å². The number of nitrogens with one attached hydrogen (secondary N) is 1. The molecule has 1 aromatic heterocycles. The van der Waals surface area contributed by atoms with Crippen molar-refractivity contribution in [3.63, 3.8) is 0 Å². The van der Waals surface area contributed by atoms with Crippen LogP contribution in [0.15, 0.2) is 0 Å². The Morgan fingerprint density at radius 3 is 2.63 bits per heavy atom. The normalized spacial score (nSPS) is 12.3. The van der Waals surface area contributed by atoms with Gasteiger partial charge in [-0.1, -0.05) is 6.92 Å². The van der Waals surface area contributed by atoms with Crippen LogP contribution in [0.1, 0.15) is 27.2 Å². The minimum Gasteiger partial charge on any atom is -0.383 e. The zero-order valence-electron chi connectivity index (χ0n) is 12.0. The molecule has 0 bridgehead atoms. The van der Waals surface area contributed by atoms with Gasteiger partial charge in [0.15, 0.2) is 0 Å². The van der Waals surface area contributed by atoms with Crippen molar-refractivity contribution in [2.24, 2.45) is 0 Å². The number of hydrogen-bond donors (Lipinski definition) is 1. The van der Waals surface area contributed by atoms with Gasteiger partial charge < -0.3 is 15.0 Å². The van der Waals surface area contributed by atoms with E-state index in [-0.39, 0.29) is 5.28 Å². The second kappa shape index (κ2) is 8.12. The third-order valence-electron chi connectivity index (χ3n) is 2.85. The quantitative estimate of drug-likeness (QED) is 0.791. The zero-order valence-corrected chi connectivity index (χ0v) is 12.7. The second-order valence-electron chi connectivity index (χ2n) is 4.20. The first-order valence-electron chi connectivity index (χ1n) is 6.53. The molecule has 0 aliphatic carbocycles. The highest BCUT2D eigenvalue weighted by Crippen LogP contribution is 2.17. The van der Waals surface area contributed by atoms with Gasteiger partial charge in [-0.15, -0.1) is 0 Å². The molecule has 1 atom stereocenters. The predicted octanol–water partition coefficient (Wildman–Crippen LogP) is 2.21. The second-order valence-corrected chi connectivity index (χ2v) is 4.54. The van der Waals surface area contributed by atoms with Gasteiger partial charge in [-0.3, -0.25) is 0 Å². The van der Waals surface area contributed by atoms with Crippen molar-refractivity contribution in [3.8, 4) is 0 Å². The third-order valence-corrected chi connectivity index (χ3v) is 3.02. The monoisotopic (exact) mass is 287 g/mol. The van der Waals surface area contributed by atoms with E-state index in [0.717, 1.165) is 19.5 Å². The first-order valence-corrected chi connectivity index (χ1v) is 6.91. The fraction of sp³-hybridized carbons (Fsp3) is 0.750. The highest BCUT2D eigenvalue weighted by Gasteiger charge is 2.17. The van der Waals surface area contributed by atoms with E-state index in [9.17, 15) is 0 Å². The van der Waals surface area contributed by atoms with E-state index < -0.39 is 0 Å². The molecule has 1 heterocycles. The minimum absolute atomic E-state index is 0.201. The van der Waals surface area contributed by atoms with Gasteiger partial charge in [0.1, 0.15) is 0 Å². The smallest absolute Gasteiger partial charge is 0.231 e. The van der Waals surface area contributed by atoms with Gasteiger partial charge in [0.25, 0.3) is 0 Å². The standard InChI is InChI=1S/C12H22ClN5O/c1-5-9(3)18(7-8-19-4)12-16-10(13)15-11(17-12)14-6-2/h9H,5-8H2,1-4H3,(H,14,15,16,17). The van der Waals surface area contributed by atoms with E-state index in [4.69, 9.17) is 16.3 Å². The molecular formula is C12H22ClN5O. The Kier molecular flexibility index (Phi) is 6.80. The first kappa shape index (κ1) is 15.9. The zero-order chi connectivity index (χ0) is 14.3. The molecule has 0 radical (unpaired) electrons. The average molecular weight is 288 g/mol. The number of hydrogen-bond acceptors (Lipinski definition) is 6. The van der Waals surface area contributed by atoms with Crippen LogP contribution in [0.3, 0.4) is 0 Å². The van der Waals surface area contributed by atoms with Crippen LogP contribution >= 0.6 is 11.6 Å². The van der Waals surface area contributed by atoms with Crippen LogP contribution < -0.4 is 10.2 Å². The number of aromatic nitrogens is 3. The van der Waals surface area contributed by atoms with Crippen LogP contribution in [0, 0.1) is 0 Å². The van der Waals surface area contributed by atoms with Gasteiger partial charge in [0, 0.05) is 26.2 Å². The lowest BCUT2D eigenvalue weighted by Crippen LogP contribution is -2.37. The maximum absolute atomic E-state index is 5.95. The summed E-state index contributed by atoms with van der Waals surface area (Å²) in [6, 6.07) is 0.308. The Bertz CT molecular complexity index is 390. The van der Waals surface area contributed by atoms with E-state index in [1.54, 1.807) is 7.11 Å². The SMILES string of the molecule is CCNc1nc(Cl)nc(N(CCOC)C(C)CC)n1. The molecule has 0 amide bonds. The van der Waals surface area contributed by atoms with Gasteiger partial charge in [0.2, 0.25) is 17.2 Å². The molecule has 1 aromatic rings. The molecule has 7 heteroatoms. The largest absolute Gasteiger partial charge is 0.383 e. The number of nitrogens with zero attached hydrogens (tertiary/aromatic N) is 4. The molecule has 0 aliphatic rings. The van der Waals surface area contributed by atoms with Crippen LogP contribution in [0.2, 0.25) is 5.28 Å². The van der Waals surface area contributed by atoms with E-state index >= 15 is 0 Å². The lowest BCUT2D eigenvalue weighted by molar-refractivity contribution is 0.203. The van der Waals surface area contributed by atoms with E-state index in [1.165, 1.54) is 0 Å². The Balaban J connectivity index is 2.99. The summed E-state index contributed by atoms with van der Waals surface area (Å²) in [5.74, 6) is 1.09. The highest BCUT2D eigenvalue weighted by molar-refractivity contribution is 6.28. The summed E-state index contributed by atoms with van der Waals surface area (Å²) in [5.41, 5.74) is 0. The summed E-state index contributed by atoms with van der Waals surface area (Å²) in [5, 5.41) is 3.25. The van der Waals surface area contributed by atoms with Crippen LogP contribution in [-0.4, -0.2) is 47.8 Å². The molecule has 0 saturated carbocycles. The summed E-state index contributed by atoms with van der Waals surface area (Å²) in [7, 11) is 1.68. The molecule has 0 saturated heterocycles. The summed E-state index contributed by atoms with van der Waals surface area (Å²) in [6.07, 6.45) is 0.990. The maximum Gasteiger partial charge on any atom is 0.231 e. The predicted molar refractivity (Wildman–Crippen MR) is 78.0 cm³/mol. The first-order chi connectivity index (χ1) is 9.12. The number of anilines is 2. The maximum atomic E-state index is 5.95. The summed E-state index contributed by atoms with van der Waals surface area (Å²) < 4.78 is 5.13. The topological polar surface area (TPSA) is 63.2 Å². The average Bonchev–Trinajstić information content (AvgIpc) is 2.38. The Morgan fingerprint density at radius 2 is 2.05 bits per heavy atom.